The first-order valence-corrected chi connectivity index (χ1v) is 6.80. The van der Waals surface area contributed by atoms with Crippen LogP contribution in [0.2, 0.25) is 0 Å². The van der Waals surface area contributed by atoms with E-state index in [9.17, 15) is 9.59 Å². The zero-order chi connectivity index (χ0) is 13.4. The molecule has 1 aliphatic rings. The Labute approximate surface area is 108 Å². The largest absolute Gasteiger partial charge is 0.481 e. The average Bonchev–Trinajstić information content (AvgIpc) is 2.84. The van der Waals surface area contributed by atoms with E-state index >= 15 is 0 Å². The molecule has 5 nitrogen and oxygen atoms in total. The third-order valence-electron chi connectivity index (χ3n) is 3.50. The predicted molar refractivity (Wildman–Crippen MR) is 69.3 cm³/mol. The summed E-state index contributed by atoms with van der Waals surface area (Å²) >= 11 is 0. The molecule has 1 amide bonds. The third-order valence-corrected chi connectivity index (χ3v) is 3.50. The van der Waals surface area contributed by atoms with Crippen LogP contribution in [0.4, 0.5) is 0 Å². The van der Waals surface area contributed by atoms with Crippen LogP contribution in [0.5, 0.6) is 0 Å². The lowest BCUT2D eigenvalue weighted by Crippen LogP contribution is -2.25. The molecule has 3 N–H and O–H groups in total. The van der Waals surface area contributed by atoms with Crippen molar-refractivity contribution in [3.63, 3.8) is 0 Å². The molecule has 0 bridgehead atoms. The molecule has 104 valence electrons. The number of amides is 1. The molecule has 2 unspecified atom stereocenters. The summed E-state index contributed by atoms with van der Waals surface area (Å²) in [6, 6.07) is 0. The topological polar surface area (TPSA) is 78.4 Å². The van der Waals surface area contributed by atoms with Gasteiger partial charge in [-0.15, -0.1) is 0 Å². The van der Waals surface area contributed by atoms with Crippen molar-refractivity contribution in [1.29, 1.82) is 0 Å². The zero-order valence-electron chi connectivity index (χ0n) is 11.1. The van der Waals surface area contributed by atoms with E-state index in [1.165, 1.54) is 6.42 Å². The normalized spacial score (nSPS) is 20.6. The quantitative estimate of drug-likeness (QED) is 0.566. The van der Waals surface area contributed by atoms with Crippen LogP contribution in [-0.2, 0) is 9.59 Å². The van der Waals surface area contributed by atoms with E-state index < -0.39 is 5.97 Å². The molecule has 0 aromatic heterocycles. The Morgan fingerprint density at radius 2 is 2.28 bits per heavy atom. The molecule has 0 radical (unpaired) electrons. The number of carbonyl (C=O) groups is 2. The van der Waals surface area contributed by atoms with Gasteiger partial charge in [0.2, 0.25) is 5.91 Å². The molecule has 0 aliphatic carbocycles. The fourth-order valence-electron chi connectivity index (χ4n) is 2.14. The Bertz CT molecular complexity index is 275. The molecular formula is C13H24N2O3. The summed E-state index contributed by atoms with van der Waals surface area (Å²) in [5.41, 5.74) is 0. The van der Waals surface area contributed by atoms with E-state index in [4.69, 9.17) is 5.11 Å². The van der Waals surface area contributed by atoms with Crippen molar-refractivity contribution in [2.24, 2.45) is 11.8 Å². The summed E-state index contributed by atoms with van der Waals surface area (Å²) in [6.07, 6.45) is 4.04. The summed E-state index contributed by atoms with van der Waals surface area (Å²) in [6.45, 7) is 4.37. The summed E-state index contributed by atoms with van der Waals surface area (Å²) in [5.74, 6) is -0.366. The Kier molecular flexibility index (Phi) is 6.72. The molecule has 0 spiro atoms. The first-order valence-electron chi connectivity index (χ1n) is 6.80. The smallest absolute Gasteiger partial charge is 0.306 e. The fraction of sp³-hybridized carbons (Fsp3) is 0.846. The van der Waals surface area contributed by atoms with Crippen molar-refractivity contribution in [3.8, 4) is 0 Å². The lowest BCUT2D eigenvalue weighted by atomic mass is 10.0. The molecule has 1 aliphatic heterocycles. The summed E-state index contributed by atoms with van der Waals surface area (Å²) < 4.78 is 0. The van der Waals surface area contributed by atoms with Gasteiger partial charge in [0.1, 0.15) is 0 Å². The molecule has 18 heavy (non-hydrogen) atoms. The molecule has 0 saturated carbocycles. The van der Waals surface area contributed by atoms with Gasteiger partial charge in [-0.1, -0.05) is 6.92 Å². The van der Waals surface area contributed by atoms with Gasteiger partial charge in [0.05, 0.1) is 5.92 Å². The van der Waals surface area contributed by atoms with Crippen molar-refractivity contribution in [2.75, 3.05) is 19.6 Å². The van der Waals surface area contributed by atoms with E-state index in [0.29, 0.717) is 25.3 Å². The SMILES string of the molecule is CC(CCCNC(=O)CCC1CCNC1)C(=O)O. The van der Waals surface area contributed by atoms with Crippen molar-refractivity contribution >= 4 is 11.9 Å². The molecule has 5 heteroatoms. The second kappa shape index (κ2) is 8.08. The monoisotopic (exact) mass is 256 g/mol. The van der Waals surface area contributed by atoms with Crippen LogP contribution in [-0.4, -0.2) is 36.6 Å². The third kappa shape index (κ3) is 6.00. The molecule has 1 rings (SSSR count). The van der Waals surface area contributed by atoms with E-state index in [2.05, 4.69) is 10.6 Å². The van der Waals surface area contributed by atoms with E-state index in [-0.39, 0.29) is 11.8 Å². The van der Waals surface area contributed by atoms with Crippen LogP contribution in [0.1, 0.15) is 39.0 Å². The molecule has 0 aromatic carbocycles. The molecule has 0 aromatic rings. The highest BCUT2D eigenvalue weighted by Crippen LogP contribution is 2.13. The van der Waals surface area contributed by atoms with Crippen molar-refractivity contribution in [3.05, 3.63) is 0 Å². The van der Waals surface area contributed by atoms with E-state index in [1.54, 1.807) is 6.92 Å². The number of carbonyl (C=O) groups excluding carboxylic acids is 1. The standard InChI is InChI=1S/C13H24N2O3/c1-10(13(17)18)3-2-7-15-12(16)5-4-11-6-8-14-9-11/h10-11,14H,2-9H2,1H3,(H,15,16)(H,17,18). The molecule has 1 fully saturated rings. The predicted octanol–water partition coefficient (Wildman–Crippen LogP) is 0.993. The molecular weight excluding hydrogens is 232 g/mol. The second-order valence-electron chi connectivity index (χ2n) is 5.13. The van der Waals surface area contributed by atoms with Crippen LogP contribution < -0.4 is 10.6 Å². The summed E-state index contributed by atoms with van der Waals surface area (Å²) in [7, 11) is 0. The maximum atomic E-state index is 11.5. The van der Waals surface area contributed by atoms with Crippen LogP contribution in [0.15, 0.2) is 0 Å². The number of hydrogen-bond donors (Lipinski definition) is 3. The minimum Gasteiger partial charge on any atom is -0.481 e. The van der Waals surface area contributed by atoms with Gasteiger partial charge < -0.3 is 15.7 Å². The van der Waals surface area contributed by atoms with Crippen LogP contribution in [0.3, 0.4) is 0 Å². The first-order chi connectivity index (χ1) is 8.59. The fourth-order valence-corrected chi connectivity index (χ4v) is 2.14. The van der Waals surface area contributed by atoms with Crippen LogP contribution in [0.25, 0.3) is 0 Å². The minimum absolute atomic E-state index is 0.0879. The average molecular weight is 256 g/mol. The number of rotatable bonds is 8. The maximum absolute atomic E-state index is 11.5. The van der Waals surface area contributed by atoms with E-state index in [0.717, 1.165) is 25.9 Å². The van der Waals surface area contributed by atoms with Crippen LogP contribution in [0, 0.1) is 11.8 Å². The number of aliphatic carboxylic acids is 1. The van der Waals surface area contributed by atoms with Crippen molar-refractivity contribution in [1.82, 2.24) is 10.6 Å². The van der Waals surface area contributed by atoms with Gasteiger partial charge in [0.15, 0.2) is 0 Å². The Morgan fingerprint density at radius 1 is 1.50 bits per heavy atom. The maximum Gasteiger partial charge on any atom is 0.306 e. The second-order valence-corrected chi connectivity index (χ2v) is 5.13. The van der Waals surface area contributed by atoms with Gasteiger partial charge in [-0.2, -0.15) is 0 Å². The number of carboxylic acids is 1. The van der Waals surface area contributed by atoms with Gasteiger partial charge in [-0.25, -0.2) is 0 Å². The van der Waals surface area contributed by atoms with Crippen LogP contribution >= 0.6 is 0 Å². The number of nitrogens with one attached hydrogen (secondary N) is 2. The Balaban J connectivity index is 1.97. The van der Waals surface area contributed by atoms with Gasteiger partial charge in [-0.3, -0.25) is 9.59 Å². The first kappa shape index (κ1) is 15.0. The lowest BCUT2D eigenvalue weighted by molar-refractivity contribution is -0.141. The van der Waals surface area contributed by atoms with Gasteiger partial charge in [0.25, 0.3) is 0 Å². The number of hydrogen-bond acceptors (Lipinski definition) is 3. The number of carboxylic acid groups (broad SMARTS) is 1. The Hall–Kier alpha value is -1.10. The van der Waals surface area contributed by atoms with Crippen molar-refractivity contribution < 1.29 is 14.7 Å². The highest BCUT2D eigenvalue weighted by molar-refractivity contribution is 5.75. The minimum atomic E-state index is -0.768. The zero-order valence-corrected chi connectivity index (χ0v) is 11.1. The highest BCUT2D eigenvalue weighted by atomic mass is 16.4. The van der Waals surface area contributed by atoms with Gasteiger partial charge in [-0.05, 0) is 44.7 Å². The summed E-state index contributed by atoms with van der Waals surface area (Å²) in [5, 5.41) is 14.8. The lowest BCUT2D eigenvalue weighted by Gasteiger charge is -2.09. The van der Waals surface area contributed by atoms with E-state index in [1.807, 2.05) is 0 Å². The molecule has 2 atom stereocenters. The van der Waals surface area contributed by atoms with Gasteiger partial charge >= 0.3 is 5.97 Å². The highest BCUT2D eigenvalue weighted by Gasteiger charge is 2.15. The van der Waals surface area contributed by atoms with Gasteiger partial charge in [0, 0.05) is 13.0 Å². The molecule has 1 saturated heterocycles. The van der Waals surface area contributed by atoms with Crippen molar-refractivity contribution in [2.45, 2.75) is 39.0 Å². The summed E-state index contributed by atoms with van der Waals surface area (Å²) in [4.78, 5) is 22.1. The Morgan fingerprint density at radius 3 is 2.89 bits per heavy atom. The molecule has 1 heterocycles.